The number of likely N-dealkylation sites (tertiary alicyclic amines) is 2. The summed E-state index contributed by atoms with van der Waals surface area (Å²) in [5.74, 6) is 0.756. The van der Waals surface area contributed by atoms with Crippen LogP contribution in [0.15, 0.2) is 83.4 Å². The van der Waals surface area contributed by atoms with Gasteiger partial charge in [-0.05, 0) is 85.9 Å². The van der Waals surface area contributed by atoms with Crippen LogP contribution in [0.25, 0.3) is 11.1 Å². The summed E-state index contributed by atoms with van der Waals surface area (Å²) in [7, 11) is 0. The van der Waals surface area contributed by atoms with Gasteiger partial charge in [0.05, 0.1) is 12.1 Å². The monoisotopic (exact) mass is 741 g/mol. The Bertz CT molecular complexity index is 1880. The van der Waals surface area contributed by atoms with E-state index in [0.29, 0.717) is 50.5 Å². The van der Waals surface area contributed by atoms with Crippen molar-refractivity contribution >= 4 is 29.2 Å². The number of carbonyl (C=O) groups is 3. The first-order chi connectivity index (χ1) is 25.6. The standard InChI is InChI=1S/C40H44ClN5O7/c1-40(2,3)52-39(49)45-23-28(46(37(41)47)51-24-26-11-5-4-6-12-26)17-18-34(45)35-42-36(53-43-35)27-19-21-44(22-20-27)38(48)50-25-33-31-15-9-7-13-29(31)30-14-8-10-16-32(30)33/h4-16,27-28,33-34H,17-25H2,1-3H3/t28-,34+/m1/s1. The van der Waals surface area contributed by atoms with Crippen molar-refractivity contribution in [3.8, 4) is 11.1 Å². The molecular weight excluding hydrogens is 698 g/mol. The van der Waals surface area contributed by atoms with Crippen molar-refractivity contribution in [3.05, 3.63) is 107 Å². The molecular formula is C40H44ClN5O7. The summed E-state index contributed by atoms with van der Waals surface area (Å²) in [4.78, 5) is 53.2. The van der Waals surface area contributed by atoms with Gasteiger partial charge < -0.3 is 18.9 Å². The van der Waals surface area contributed by atoms with Crippen LogP contribution in [0, 0.1) is 0 Å². The molecule has 1 aromatic heterocycles. The molecule has 3 heterocycles. The number of nitrogens with zero attached hydrogens (tertiary/aromatic N) is 5. The third-order valence-electron chi connectivity index (χ3n) is 10.1. The fraction of sp³-hybridized carbons (Fsp3) is 0.425. The Morgan fingerprint density at radius 1 is 0.868 bits per heavy atom. The molecule has 3 amide bonds. The average Bonchev–Trinajstić information content (AvgIpc) is 3.77. The number of amides is 3. The number of ether oxygens (including phenoxy) is 2. The van der Waals surface area contributed by atoms with Crippen molar-refractivity contribution in [1.82, 2.24) is 25.0 Å². The summed E-state index contributed by atoms with van der Waals surface area (Å²) >= 11 is 5.99. The molecule has 7 rings (SSSR count). The van der Waals surface area contributed by atoms with E-state index < -0.39 is 29.1 Å². The molecule has 4 aromatic rings. The van der Waals surface area contributed by atoms with Crippen molar-refractivity contribution < 1.29 is 33.2 Å². The number of hydrogen-bond donors (Lipinski definition) is 0. The maximum atomic E-state index is 13.6. The molecule has 0 N–H and O–H groups in total. The highest BCUT2D eigenvalue weighted by atomic mass is 35.5. The summed E-state index contributed by atoms with van der Waals surface area (Å²) < 4.78 is 17.4. The fourth-order valence-corrected chi connectivity index (χ4v) is 7.68. The van der Waals surface area contributed by atoms with E-state index in [1.165, 1.54) is 27.2 Å². The highest BCUT2D eigenvalue weighted by Crippen LogP contribution is 2.44. The molecule has 0 spiro atoms. The molecule has 0 radical (unpaired) electrons. The Morgan fingerprint density at radius 3 is 2.15 bits per heavy atom. The summed E-state index contributed by atoms with van der Waals surface area (Å²) in [6, 6.07) is 24.9. The van der Waals surface area contributed by atoms with Crippen LogP contribution in [0.2, 0.25) is 0 Å². The minimum Gasteiger partial charge on any atom is -0.448 e. The van der Waals surface area contributed by atoms with Gasteiger partial charge in [0.25, 0.3) is 0 Å². The topological polar surface area (TPSA) is 128 Å². The van der Waals surface area contributed by atoms with Crippen LogP contribution in [0.1, 0.15) is 92.7 Å². The van der Waals surface area contributed by atoms with Crippen LogP contribution in [-0.2, 0) is 20.9 Å². The van der Waals surface area contributed by atoms with Gasteiger partial charge in [-0.15, -0.1) is 0 Å². The Balaban J connectivity index is 0.974. The zero-order valence-corrected chi connectivity index (χ0v) is 30.9. The van der Waals surface area contributed by atoms with E-state index in [-0.39, 0.29) is 37.7 Å². The fourth-order valence-electron chi connectivity index (χ4n) is 7.49. The quantitative estimate of drug-likeness (QED) is 0.0993. The van der Waals surface area contributed by atoms with Gasteiger partial charge in [-0.1, -0.05) is 84.0 Å². The third-order valence-corrected chi connectivity index (χ3v) is 10.3. The maximum absolute atomic E-state index is 13.6. The van der Waals surface area contributed by atoms with Gasteiger partial charge in [-0.25, -0.2) is 14.7 Å². The molecule has 2 fully saturated rings. The van der Waals surface area contributed by atoms with E-state index in [1.54, 1.807) is 25.7 Å². The highest BCUT2D eigenvalue weighted by molar-refractivity contribution is 6.62. The second-order valence-electron chi connectivity index (χ2n) is 14.8. The van der Waals surface area contributed by atoms with Gasteiger partial charge in [-0.2, -0.15) is 4.98 Å². The number of rotatable bonds is 8. The van der Waals surface area contributed by atoms with Crippen LogP contribution >= 0.6 is 11.6 Å². The van der Waals surface area contributed by atoms with Gasteiger partial charge in [0, 0.05) is 31.5 Å². The zero-order chi connectivity index (χ0) is 37.1. The number of piperidine rings is 2. The van der Waals surface area contributed by atoms with Crippen molar-refractivity contribution in [3.63, 3.8) is 0 Å². The first kappa shape index (κ1) is 36.4. The molecule has 0 bridgehead atoms. The minimum atomic E-state index is -0.778. The van der Waals surface area contributed by atoms with Gasteiger partial charge in [0.1, 0.15) is 18.8 Å². The Labute approximate surface area is 313 Å². The van der Waals surface area contributed by atoms with E-state index >= 15 is 0 Å². The lowest BCUT2D eigenvalue weighted by atomic mass is 9.96. The number of aromatic nitrogens is 2. The number of carbonyl (C=O) groups excluding carboxylic acids is 3. The van der Waals surface area contributed by atoms with Crippen molar-refractivity contribution in [1.29, 1.82) is 0 Å². The minimum absolute atomic E-state index is 0.00340. The van der Waals surface area contributed by atoms with E-state index in [1.807, 2.05) is 54.6 Å². The highest BCUT2D eigenvalue weighted by Gasteiger charge is 2.41. The van der Waals surface area contributed by atoms with Crippen LogP contribution in [0.4, 0.5) is 14.4 Å². The van der Waals surface area contributed by atoms with Crippen molar-refractivity contribution in [2.45, 2.75) is 82.6 Å². The second kappa shape index (κ2) is 15.6. The molecule has 13 heteroatoms. The molecule has 12 nitrogen and oxygen atoms in total. The van der Waals surface area contributed by atoms with Crippen molar-refractivity contribution in [2.24, 2.45) is 0 Å². The normalized spacial score (nSPS) is 19.0. The maximum Gasteiger partial charge on any atom is 0.410 e. The number of benzene rings is 3. The predicted octanol–water partition coefficient (Wildman–Crippen LogP) is 8.43. The SMILES string of the molecule is CC(C)(C)OC(=O)N1C[C@H](N(OCc2ccccc2)C(=O)Cl)CC[C@H]1c1noc(C2CCN(C(=O)OCC3c4ccccc4-c4ccccc43)CC2)n1. The number of fused-ring (bicyclic) bond motifs is 3. The van der Waals surface area contributed by atoms with Gasteiger partial charge in [0.15, 0.2) is 5.82 Å². The molecule has 0 saturated carbocycles. The van der Waals surface area contributed by atoms with Gasteiger partial charge in [-0.3, -0.25) is 14.5 Å². The average molecular weight is 742 g/mol. The Morgan fingerprint density at radius 2 is 1.51 bits per heavy atom. The summed E-state index contributed by atoms with van der Waals surface area (Å²) in [6.07, 6.45) is 1.23. The molecule has 2 aliphatic heterocycles. The second-order valence-corrected chi connectivity index (χ2v) is 15.1. The number of halogens is 1. The number of hydrogen-bond acceptors (Lipinski definition) is 9. The third kappa shape index (κ3) is 8.18. The zero-order valence-electron chi connectivity index (χ0n) is 30.2. The molecule has 278 valence electrons. The van der Waals surface area contributed by atoms with E-state index in [0.717, 1.165) is 10.6 Å². The van der Waals surface area contributed by atoms with Crippen LogP contribution in [-0.4, -0.2) is 80.4 Å². The van der Waals surface area contributed by atoms with Gasteiger partial charge >= 0.3 is 17.6 Å². The lowest BCUT2D eigenvalue weighted by molar-refractivity contribution is -0.160. The van der Waals surface area contributed by atoms with Crippen molar-refractivity contribution in [2.75, 3.05) is 26.2 Å². The Hall–Kier alpha value is -4.94. The van der Waals surface area contributed by atoms with Crippen LogP contribution in [0.5, 0.6) is 0 Å². The van der Waals surface area contributed by atoms with E-state index in [4.69, 9.17) is 35.4 Å². The molecule has 1 aliphatic carbocycles. The summed E-state index contributed by atoms with van der Waals surface area (Å²) in [5.41, 5.74) is 4.83. The molecule has 53 heavy (non-hydrogen) atoms. The van der Waals surface area contributed by atoms with E-state index in [9.17, 15) is 14.4 Å². The molecule has 2 saturated heterocycles. The summed E-state index contributed by atoms with van der Waals surface area (Å²) in [5, 5.41) is 4.67. The lowest BCUT2D eigenvalue weighted by Crippen LogP contribution is -2.52. The van der Waals surface area contributed by atoms with E-state index in [2.05, 4.69) is 29.4 Å². The van der Waals surface area contributed by atoms with Gasteiger partial charge in [0.2, 0.25) is 5.89 Å². The van der Waals surface area contributed by atoms with Crippen LogP contribution < -0.4 is 0 Å². The lowest BCUT2D eigenvalue weighted by Gasteiger charge is -2.41. The Kier molecular flexibility index (Phi) is 10.7. The first-order valence-electron chi connectivity index (χ1n) is 18.1. The molecule has 3 aliphatic rings. The number of hydroxylamine groups is 2. The summed E-state index contributed by atoms with van der Waals surface area (Å²) in [6.45, 7) is 6.85. The predicted molar refractivity (Wildman–Crippen MR) is 196 cm³/mol. The first-order valence-corrected chi connectivity index (χ1v) is 18.5. The smallest absolute Gasteiger partial charge is 0.410 e. The van der Waals surface area contributed by atoms with Crippen LogP contribution in [0.3, 0.4) is 0 Å². The molecule has 0 unspecified atom stereocenters. The molecule has 3 aromatic carbocycles. The largest absolute Gasteiger partial charge is 0.448 e. The molecule has 2 atom stereocenters.